The number of rotatable bonds is 12. The third kappa shape index (κ3) is 8.39. The van der Waals surface area contributed by atoms with Crippen LogP contribution in [0.1, 0.15) is 24.5 Å². The van der Waals surface area contributed by atoms with E-state index in [-0.39, 0.29) is 24.6 Å². The molecule has 0 heterocycles. The molecule has 0 aliphatic carbocycles. The van der Waals surface area contributed by atoms with Crippen LogP contribution in [0.5, 0.6) is 0 Å². The molecule has 3 aromatic carbocycles. The molecule has 0 radical (unpaired) electrons. The van der Waals surface area contributed by atoms with Gasteiger partial charge in [0.05, 0.1) is 11.9 Å². The van der Waals surface area contributed by atoms with Crippen molar-refractivity contribution in [3.05, 3.63) is 100 Å². The number of amides is 2. The fraction of sp³-hybridized carbons (Fsp3) is 0.286. The number of anilines is 1. The smallest absolute Gasteiger partial charge is 0.244 e. The van der Waals surface area contributed by atoms with E-state index in [0.717, 1.165) is 44.7 Å². The van der Waals surface area contributed by atoms with Gasteiger partial charge in [-0.1, -0.05) is 65.3 Å². The van der Waals surface area contributed by atoms with Crippen LogP contribution in [-0.2, 0) is 32.6 Å². The molecule has 0 aromatic heterocycles. The minimum Gasteiger partial charge on any atom is -0.354 e. The molecule has 3 rings (SSSR count). The van der Waals surface area contributed by atoms with E-state index >= 15 is 0 Å². The summed E-state index contributed by atoms with van der Waals surface area (Å²) in [4.78, 5) is 28.7. The topological polar surface area (TPSA) is 86.8 Å². The summed E-state index contributed by atoms with van der Waals surface area (Å²) in [6.45, 7) is 1.90. The van der Waals surface area contributed by atoms with Crippen molar-refractivity contribution in [2.24, 2.45) is 0 Å². The maximum Gasteiger partial charge on any atom is 0.244 e. The first-order valence-corrected chi connectivity index (χ1v) is 14.8. The van der Waals surface area contributed by atoms with Crippen molar-refractivity contribution in [1.29, 1.82) is 0 Å². The van der Waals surface area contributed by atoms with E-state index in [1.807, 2.05) is 61.5 Å². The highest BCUT2D eigenvalue weighted by Gasteiger charge is 2.33. The van der Waals surface area contributed by atoms with Crippen LogP contribution in [0.15, 0.2) is 83.3 Å². The molecule has 0 saturated heterocycles. The van der Waals surface area contributed by atoms with Crippen molar-refractivity contribution >= 4 is 43.5 Å². The van der Waals surface area contributed by atoms with E-state index in [1.165, 1.54) is 17.0 Å². The fourth-order valence-corrected chi connectivity index (χ4v) is 5.27. The lowest BCUT2D eigenvalue weighted by Gasteiger charge is -2.33. The Kier molecular flexibility index (Phi) is 10.4. The zero-order chi connectivity index (χ0) is 27.7. The highest BCUT2D eigenvalue weighted by Crippen LogP contribution is 2.21. The van der Waals surface area contributed by atoms with Crippen molar-refractivity contribution in [2.75, 3.05) is 23.7 Å². The Bertz CT molecular complexity index is 1340. The van der Waals surface area contributed by atoms with Crippen molar-refractivity contribution in [3.63, 3.8) is 0 Å². The van der Waals surface area contributed by atoms with Crippen LogP contribution >= 0.6 is 15.9 Å². The largest absolute Gasteiger partial charge is 0.354 e. The van der Waals surface area contributed by atoms with Gasteiger partial charge in [-0.15, -0.1) is 0 Å². The highest BCUT2D eigenvalue weighted by atomic mass is 79.9. The van der Waals surface area contributed by atoms with Crippen LogP contribution in [0, 0.1) is 5.82 Å². The molecule has 0 unspecified atom stereocenters. The van der Waals surface area contributed by atoms with E-state index in [0.29, 0.717) is 6.54 Å². The van der Waals surface area contributed by atoms with Gasteiger partial charge in [-0.05, 0) is 53.9 Å². The van der Waals surface area contributed by atoms with E-state index in [4.69, 9.17) is 0 Å². The van der Waals surface area contributed by atoms with Crippen molar-refractivity contribution in [1.82, 2.24) is 10.2 Å². The van der Waals surface area contributed by atoms with Crippen LogP contribution in [0.3, 0.4) is 0 Å². The first-order valence-electron chi connectivity index (χ1n) is 12.2. The molecular weight excluding hydrogens is 573 g/mol. The Balaban J connectivity index is 2.03. The normalized spacial score (nSPS) is 12.0. The predicted molar refractivity (Wildman–Crippen MR) is 151 cm³/mol. The molecule has 202 valence electrons. The molecule has 0 saturated carbocycles. The van der Waals surface area contributed by atoms with Crippen LogP contribution in [0.2, 0.25) is 0 Å². The molecule has 7 nitrogen and oxygen atoms in total. The molecule has 10 heteroatoms. The summed E-state index contributed by atoms with van der Waals surface area (Å²) in [5.74, 6) is -1.42. The lowest BCUT2D eigenvalue weighted by atomic mass is 10.0. The Morgan fingerprint density at radius 2 is 1.63 bits per heavy atom. The number of nitrogens with one attached hydrogen (secondary N) is 1. The number of hydrogen-bond donors (Lipinski definition) is 1. The standard InChI is InChI=1S/C28H31BrFN3O4S/c1-3-16-31-28(35)26(18-21-8-5-4-6-9-21)32(19-22-10-7-11-23(29)17-22)27(34)20-33(38(2,36)37)25-14-12-24(30)13-15-25/h4-15,17,26H,3,16,18-20H2,1-2H3,(H,31,35)/t26-/m1/s1. The van der Waals surface area contributed by atoms with E-state index < -0.39 is 34.3 Å². The first kappa shape index (κ1) is 29.3. The minimum atomic E-state index is -3.90. The van der Waals surface area contributed by atoms with Gasteiger partial charge >= 0.3 is 0 Å². The Morgan fingerprint density at radius 3 is 2.24 bits per heavy atom. The molecule has 1 atom stereocenters. The van der Waals surface area contributed by atoms with Crippen LogP contribution in [0.25, 0.3) is 0 Å². The quantitative estimate of drug-likeness (QED) is 0.330. The Morgan fingerprint density at radius 1 is 0.974 bits per heavy atom. The molecule has 2 amide bonds. The zero-order valence-corrected chi connectivity index (χ0v) is 23.7. The third-order valence-electron chi connectivity index (χ3n) is 5.86. The second-order valence-electron chi connectivity index (χ2n) is 8.89. The molecule has 0 spiro atoms. The first-order chi connectivity index (χ1) is 18.1. The summed E-state index contributed by atoms with van der Waals surface area (Å²) in [6, 6.07) is 20.7. The van der Waals surface area contributed by atoms with Crippen LogP contribution in [0.4, 0.5) is 10.1 Å². The van der Waals surface area contributed by atoms with Gasteiger partial charge in [0.2, 0.25) is 21.8 Å². The van der Waals surface area contributed by atoms with Gasteiger partial charge in [-0.2, -0.15) is 0 Å². The fourth-order valence-electron chi connectivity index (χ4n) is 3.97. The van der Waals surface area contributed by atoms with Crippen LogP contribution < -0.4 is 9.62 Å². The maximum atomic E-state index is 13.9. The molecule has 1 N–H and O–H groups in total. The minimum absolute atomic E-state index is 0.0797. The summed E-state index contributed by atoms with van der Waals surface area (Å²) in [7, 11) is -3.90. The molecule has 0 bridgehead atoms. The van der Waals surface area contributed by atoms with E-state index in [1.54, 1.807) is 0 Å². The van der Waals surface area contributed by atoms with Gasteiger partial charge in [0.1, 0.15) is 18.4 Å². The summed E-state index contributed by atoms with van der Waals surface area (Å²) in [6.07, 6.45) is 1.94. The number of carbonyl (C=O) groups excluding carboxylic acids is 2. The van der Waals surface area contributed by atoms with Crippen molar-refractivity contribution in [3.8, 4) is 0 Å². The number of nitrogens with zero attached hydrogens (tertiary/aromatic N) is 2. The zero-order valence-electron chi connectivity index (χ0n) is 21.3. The van der Waals surface area contributed by atoms with E-state index in [9.17, 15) is 22.4 Å². The van der Waals surface area contributed by atoms with Crippen molar-refractivity contribution in [2.45, 2.75) is 32.4 Å². The lowest BCUT2D eigenvalue weighted by molar-refractivity contribution is -0.140. The second kappa shape index (κ2) is 13.5. The molecule has 0 fully saturated rings. The van der Waals surface area contributed by atoms with Gasteiger partial charge in [-0.3, -0.25) is 13.9 Å². The predicted octanol–water partition coefficient (Wildman–Crippen LogP) is 4.52. The van der Waals surface area contributed by atoms with Gasteiger partial charge in [0.25, 0.3) is 0 Å². The van der Waals surface area contributed by atoms with Gasteiger partial charge in [0, 0.05) is 24.0 Å². The molecule has 38 heavy (non-hydrogen) atoms. The number of carbonyl (C=O) groups is 2. The Labute approximate surface area is 231 Å². The molecule has 0 aliphatic heterocycles. The Hall–Kier alpha value is -3.24. The molecular formula is C28H31BrFN3O4S. The van der Waals surface area contributed by atoms with E-state index in [2.05, 4.69) is 21.2 Å². The summed E-state index contributed by atoms with van der Waals surface area (Å²) in [5, 5.41) is 2.89. The molecule has 3 aromatic rings. The average molecular weight is 605 g/mol. The number of benzene rings is 3. The van der Waals surface area contributed by atoms with Gasteiger partial charge in [-0.25, -0.2) is 12.8 Å². The molecule has 0 aliphatic rings. The second-order valence-corrected chi connectivity index (χ2v) is 11.7. The SMILES string of the molecule is CCCNC(=O)[C@@H](Cc1ccccc1)N(Cc1cccc(Br)c1)C(=O)CN(c1ccc(F)cc1)S(C)(=O)=O. The summed E-state index contributed by atoms with van der Waals surface area (Å²) >= 11 is 3.44. The average Bonchev–Trinajstić information content (AvgIpc) is 2.88. The highest BCUT2D eigenvalue weighted by molar-refractivity contribution is 9.10. The number of hydrogen-bond acceptors (Lipinski definition) is 4. The van der Waals surface area contributed by atoms with Gasteiger partial charge < -0.3 is 10.2 Å². The van der Waals surface area contributed by atoms with Gasteiger partial charge in [0.15, 0.2) is 0 Å². The number of halogens is 2. The van der Waals surface area contributed by atoms with Crippen LogP contribution in [-0.4, -0.2) is 50.5 Å². The number of sulfonamides is 1. The summed E-state index contributed by atoms with van der Waals surface area (Å²) in [5.41, 5.74) is 1.77. The monoisotopic (exact) mass is 603 g/mol. The lowest BCUT2D eigenvalue weighted by Crippen LogP contribution is -2.53. The summed E-state index contributed by atoms with van der Waals surface area (Å²) < 4.78 is 40.6. The maximum absolute atomic E-state index is 13.9. The van der Waals surface area contributed by atoms with Crippen molar-refractivity contribution < 1.29 is 22.4 Å². The third-order valence-corrected chi connectivity index (χ3v) is 7.49.